The molecule has 0 saturated carbocycles. The van der Waals surface area contributed by atoms with Crippen LogP contribution in [0.1, 0.15) is 24.0 Å². The van der Waals surface area contributed by atoms with E-state index in [2.05, 4.69) is 36.5 Å². The van der Waals surface area contributed by atoms with Gasteiger partial charge in [0.1, 0.15) is 0 Å². The molecule has 0 aliphatic carbocycles. The van der Waals surface area contributed by atoms with Crippen molar-refractivity contribution < 1.29 is 9.21 Å². The first kappa shape index (κ1) is 16.1. The van der Waals surface area contributed by atoms with Gasteiger partial charge in [-0.05, 0) is 43.5 Å². The molecule has 1 amide bonds. The molecule has 0 aliphatic heterocycles. The molecule has 0 radical (unpaired) electrons. The molecule has 0 fully saturated rings. The summed E-state index contributed by atoms with van der Waals surface area (Å²) >= 11 is 0. The largest absolute Gasteiger partial charge is 0.419 e. The molecule has 0 aliphatic rings. The Morgan fingerprint density at radius 2 is 1.92 bits per heavy atom. The van der Waals surface area contributed by atoms with Gasteiger partial charge in [-0.25, -0.2) is 4.79 Å². The van der Waals surface area contributed by atoms with Crippen molar-refractivity contribution in [2.24, 2.45) is 7.05 Å². The highest BCUT2D eigenvalue weighted by molar-refractivity contribution is 5.92. The number of benzene rings is 2. The highest BCUT2D eigenvalue weighted by Gasteiger charge is 2.08. The minimum atomic E-state index is -0.411. The molecule has 0 atom stereocenters. The number of anilines is 1. The zero-order valence-electron chi connectivity index (χ0n) is 13.8. The van der Waals surface area contributed by atoms with Gasteiger partial charge in [0.15, 0.2) is 5.58 Å². The second-order valence-electron chi connectivity index (χ2n) is 6.00. The molecule has 1 heterocycles. The van der Waals surface area contributed by atoms with Crippen LogP contribution in [0.4, 0.5) is 5.69 Å². The normalized spacial score (nSPS) is 10.9. The van der Waals surface area contributed by atoms with Gasteiger partial charge in [0.05, 0.1) is 5.52 Å². The number of hydrogen-bond donors (Lipinski definition) is 1. The summed E-state index contributed by atoms with van der Waals surface area (Å²) in [6.45, 7) is 2.06. The maximum absolute atomic E-state index is 12.1. The molecule has 24 heavy (non-hydrogen) atoms. The summed E-state index contributed by atoms with van der Waals surface area (Å²) < 4.78 is 6.49. The van der Waals surface area contributed by atoms with Gasteiger partial charge < -0.3 is 9.73 Å². The van der Waals surface area contributed by atoms with Crippen LogP contribution in [0.5, 0.6) is 0 Å². The van der Waals surface area contributed by atoms with Gasteiger partial charge in [0.2, 0.25) is 5.91 Å². The standard InChI is InChI=1S/C19H20N2O3/c1-13-6-8-14(9-7-13)4-3-5-18(22)20-15-10-11-17-16(12-15)21(2)19(23)24-17/h6-12H,3-5H2,1-2H3,(H,20,22). The van der Waals surface area contributed by atoms with Crippen LogP contribution >= 0.6 is 0 Å². The zero-order chi connectivity index (χ0) is 17.1. The van der Waals surface area contributed by atoms with Crippen molar-refractivity contribution in [2.45, 2.75) is 26.2 Å². The minimum Gasteiger partial charge on any atom is -0.408 e. The number of fused-ring (bicyclic) bond motifs is 1. The van der Waals surface area contributed by atoms with E-state index in [1.54, 1.807) is 25.2 Å². The first-order valence-corrected chi connectivity index (χ1v) is 7.98. The van der Waals surface area contributed by atoms with E-state index in [9.17, 15) is 9.59 Å². The number of aromatic nitrogens is 1. The van der Waals surface area contributed by atoms with Gasteiger partial charge in [-0.3, -0.25) is 9.36 Å². The van der Waals surface area contributed by atoms with Crippen molar-refractivity contribution in [3.8, 4) is 0 Å². The molecule has 3 rings (SSSR count). The Hall–Kier alpha value is -2.82. The molecule has 0 spiro atoms. The third-order valence-corrected chi connectivity index (χ3v) is 4.07. The van der Waals surface area contributed by atoms with E-state index in [1.807, 2.05) is 0 Å². The molecular formula is C19H20N2O3. The maximum atomic E-state index is 12.1. The molecule has 5 heteroatoms. The van der Waals surface area contributed by atoms with Crippen LogP contribution in [0.2, 0.25) is 0 Å². The number of amides is 1. The fourth-order valence-electron chi connectivity index (χ4n) is 2.64. The van der Waals surface area contributed by atoms with Gasteiger partial charge in [0, 0.05) is 19.2 Å². The monoisotopic (exact) mass is 324 g/mol. The van der Waals surface area contributed by atoms with Crippen LogP contribution in [0.25, 0.3) is 11.1 Å². The SMILES string of the molecule is Cc1ccc(CCCC(=O)Nc2ccc3oc(=O)n(C)c3c2)cc1. The number of rotatable bonds is 5. The van der Waals surface area contributed by atoms with E-state index in [4.69, 9.17) is 4.42 Å². The Labute approximate surface area is 139 Å². The van der Waals surface area contributed by atoms with Crippen molar-refractivity contribution in [3.05, 3.63) is 64.1 Å². The van der Waals surface area contributed by atoms with Crippen molar-refractivity contribution in [2.75, 3.05) is 5.32 Å². The van der Waals surface area contributed by atoms with Crippen LogP contribution in [-0.2, 0) is 18.3 Å². The highest BCUT2D eigenvalue weighted by atomic mass is 16.4. The summed E-state index contributed by atoms with van der Waals surface area (Å²) in [6, 6.07) is 13.5. The fourth-order valence-corrected chi connectivity index (χ4v) is 2.64. The van der Waals surface area contributed by atoms with Crippen LogP contribution in [-0.4, -0.2) is 10.5 Å². The van der Waals surface area contributed by atoms with E-state index in [-0.39, 0.29) is 5.91 Å². The van der Waals surface area contributed by atoms with Crippen molar-refractivity contribution in [1.29, 1.82) is 0 Å². The smallest absolute Gasteiger partial charge is 0.408 e. The second-order valence-corrected chi connectivity index (χ2v) is 6.00. The highest BCUT2D eigenvalue weighted by Crippen LogP contribution is 2.18. The lowest BCUT2D eigenvalue weighted by Gasteiger charge is -2.06. The Bertz CT molecular complexity index is 920. The van der Waals surface area contributed by atoms with Gasteiger partial charge >= 0.3 is 5.76 Å². The summed E-state index contributed by atoms with van der Waals surface area (Å²) in [5.74, 6) is -0.443. The predicted molar refractivity (Wildman–Crippen MR) is 94.2 cm³/mol. The number of carbonyl (C=O) groups excluding carboxylic acids is 1. The van der Waals surface area contributed by atoms with Crippen LogP contribution in [0.3, 0.4) is 0 Å². The van der Waals surface area contributed by atoms with Crippen LogP contribution in [0, 0.1) is 6.92 Å². The first-order valence-electron chi connectivity index (χ1n) is 7.98. The van der Waals surface area contributed by atoms with Crippen molar-refractivity contribution in [3.63, 3.8) is 0 Å². The molecule has 0 bridgehead atoms. The summed E-state index contributed by atoms with van der Waals surface area (Å²) in [5.41, 5.74) is 4.32. The molecule has 1 N–H and O–H groups in total. The van der Waals surface area contributed by atoms with E-state index in [0.717, 1.165) is 12.8 Å². The molecular weight excluding hydrogens is 304 g/mol. The van der Waals surface area contributed by atoms with E-state index in [0.29, 0.717) is 23.2 Å². The summed E-state index contributed by atoms with van der Waals surface area (Å²) in [7, 11) is 1.64. The topological polar surface area (TPSA) is 64.2 Å². The van der Waals surface area contributed by atoms with Gasteiger partial charge in [-0.15, -0.1) is 0 Å². The minimum absolute atomic E-state index is 0.0324. The average molecular weight is 324 g/mol. The third kappa shape index (κ3) is 3.56. The quantitative estimate of drug-likeness (QED) is 0.782. The van der Waals surface area contributed by atoms with Crippen molar-refractivity contribution in [1.82, 2.24) is 4.57 Å². The average Bonchev–Trinajstić information content (AvgIpc) is 2.84. The second kappa shape index (κ2) is 6.74. The molecule has 0 saturated heterocycles. The van der Waals surface area contributed by atoms with Gasteiger partial charge in [-0.2, -0.15) is 0 Å². The number of nitrogens with zero attached hydrogens (tertiary/aromatic N) is 1. The first-order chi connectivity index (χ1) is 11.5. The Kier molecular flexibility index (Phi) is 4.51. The van der Waals surface area contributed by atoms with Crippen LogP contribution < -0.4 is 11.1 Å². The molecule has 124 valence electrons. The number of hydrogen-bond acceptors (Lipinski definition) is 3. The Balaban J connectivity index is 1.57. The van der Waals surface area contributed by atoms with E-state index < -0.39 is 5.76 Å². The molecule has 2 aromatic carbocycles. The Morgan fingerprint density at radius 1 is 1.17 bits per heavy atom. The number of nitrogens with one attached hydrogen (secondary N) is 1. The predicted octanol–water partition coefficient (Wildman–Crippen LogP) is 3.40. The number of oxazole rings is 1. The number of carbonyl (C=O) groups is 1. The molecule has 0 unspecified atom stereocenters. The zero-order valence-corrected chi connectivity index (χ0v) is 13.8. The summed E-state index contributed by atoms with van der Waals surface area (Å²) in [5, 5.41) is 2.87. The van der Waals surface area contributed by atoms with Gasteiger partial charge in [0.25, 0.3) is 0 Å². The van der Waals surface area contributed by atoms with Crippen LogP contribution in [0.15, 0.2) is 51.7 Å². The maximum Gasteiger partial charge on any atom is 0.419 e. The third-order valence-electron chi connectivity index (χ3n) is 4.07. The summed E-state index contributed by atoms with van der Waals surface area (Å²) in [6.07, 6.45) is 2.13. The summed E-state index contributed by atoms with van der Waals surface area (Å²) in [4.78, 5) is 23.6. The van der Waals surface area contributed by atoms with E-state index >= 15 is 0 Å². The lowest BCUT2D eigenvalue weighted by atomic mass is 10.1. The molecule has 1 aromatic heterocycles. The number of aryl methyl sites for hydroxylation is 3. The lowest BCUT2D eigenvalue weighted by Crippen LogP contribution is -2.12. The lowest BCUT2D eigenvalue weighted by molar-refractivity contribution is -0.116. The fraction of sp³-hybridized carbons (Fsp3) is 0.263. The van der Waals surface area contributed by atoms with Crippen molar-refractivity contribution >= 4 is 22.7 Å². The van der Waals surface area contributed by atoms with E-state index in [1.165, 1.54) is 15.7 Å². The Morgan fingerprint density at radius 3 is 2.67 bits per heavy atom. The molecule has 5 nitrogen and oxygen atoms in total. The molecule has 3 aromatic rings. The van der Waals surface area contributed by atoms with Gasteiger partial charge in [-0.1, -0.05) is 29.8 Å².